The molecule has 21 heavy (non-hydrogen) atoms. The van der Waals surface area contributed by atoms with Crippen LogP contribution in [-0.4, -0.2) is 11.8 Å². The van der Waals surface area contributed by atoms with Gasteiger partial charge in [0.15, 0.2) is 0 Å². The van der Waals surface area contributed by atoms with Crippen LogP contribution in [0.15, 0.2) is 47.4 Å². The van der Waals surface area contributed by atoms with Crippen molar-refractivity contribution in [3.05, 3.63) is 53.1 Å². The van der Waals surface area contributed by atoms with E-state index in [1.165, 1.54) is 6.92 Å². The SMILES string of the molecule is CC(=O)Nc1ccc(NC(=O)c2cc(S)ccc2Cl)cc1. The summed E-state index contributed by atoms with van der Waals surface area (Å²) in [6, 6.07) is 11.7. The van der Waals surface area contributed by atoms with Crippen molar-refractivity contribution in [3.8, 4) is 0 Å². The highest BCUT2D eigenvalue weighted by atomic mass is 35.5. The molecule has 108 valence electrons. The molecule has 2 aromatic rings. The normalized spacial score (nSPS) is 10.0. The van der Waals surface area contributed by atoms with Crippen LogP contribution in [0, 0.1) is 0 Å². The summed E-state index contributed by atoms with van der Waals surface area (Å²) in [6.07, 6.45) is 0. The second-order valence-corrected chi connectivity index (χ2v) is 5.30. The van der Waals surface area contributed by atoms with Gasteiger partial charge in [-0.15, -0.1) is 12.6 Å². The van der Waals surface area contributed by atoms with Crippen molar-refractivity contribution < 1.29 is 9.59 Å². The molecule has 0 atom stereocenters. The van der Waals surface area contributed by atoms with Crippen molar-refractivity contribution in [2.75, 3.05) is 10.6 Å². The van der Waals surface area contributed by atoms with Crippen molar-refractivity contribution in [1.29, 1.82) is 0 Å². The lowest BCUT2D eigenvalue weighted by molar-refractivity contribution is -0.114. The Hall–Kier alpha value is -1.98. The van der Waals surface area contributed by atoms with E-state index in [1.54, 1.807) is 42.5 Å². The van der Waals surface area contributed by atoms with Gasteiger partial charge in [-0.25, -0.2) is 0 Å². The first-order valence-electron chi connectivity index (χ1n) is 6.13. The first-order chi connectivity index (χ1) is 9.95. The Labute approximate surface area is 132 Å². The quantitative estimate of drug-likeness (QED) is 0.753. The topological polar surface area (TPSA) is 58.2 Å². The van der Waals surface area contributed by atoms with E-state index in [2.05, 4.69) is 23.3 Å². The number of rotatable bonds is 3. The number of halogens is 1. The third kappa shape index (κ3) is 4.24. The number of hydrogen-bond acceptors (Lipinski definition) is 3. The molecule has 0 saturated heterocycles. The van der Waals surface area contributed by atoms with E-state index in [-0.39, 0.29) is 11.8 Å². The Bertz CT molecular complexity index is 687. The van der Waals surface area contributed by atoms with E-state index >= 15 is 0 Å². The molecule has 0 heterocycles. The van der Waals surface area contributed by atoms with E-state index in [0.717, 1.165) is 0 Å². The van der Waals surface area contributed by atoms with E-state index in [9.17, 15) is 9.59 Å². The van der Waals surface area contributed by atoms with Crippen LogP contribution in [0.2, 0.25) is 5.02 Å². The molecule has 0 aliphatic heterocycles. The minimum atomic E-state index is -0.317. The molecular weight excluding hydrogens is 308 g/mol. The molecule has 0 aliphatic rings. The molecule has 0 unspecified atom stereocenters. The van der Waals surface area contributed by atoms with Crippen molar-refractivity contribution >= 4 is 47.4 Å². The first kappa shape index (κ1) is 15.4. The average Bonchev–Trinajstić information content (AvgIpc) is 2.43. The maximum absolute atomic E-state index is 12.2. The number of thiol groups is 1. The molecule has 2 aromatic carbocycles. The maximum atomic E-state index is 12.2. The standard InChI is InChI=1S/C15H13ClN2O2S/c1-9(19)17-10-2-4-11(5-3-10)18-15(20)13-8-12(21)6-7-14(13)16/h2-8,21H,1H3,(H,17,19)(H,18,20). The third-order valence-electron chi connectivity index (χ3n) is 2.66. The van der Waals surface area contributed by atoms with Crippen molar-refractivity contribution in [2.24, 2.45) is 0 Å². The van der Waals surface area contributed by atoms with E-state index < -0.39 is 0 Å². The van der Waals surface area contributed by atoms with Crippen LogP contribution in [0.5, 0.6) is 0 Å². The molecule has 2 N–H and O–H groups in total. The molecule has 0 fully saturated rings. The minimum Gasteiger partial charge on any atom is -0.326 e. The number of anilines is 2. The van der Waals surface area contributed by atoms with Crippen molar-refractivity contribution in [3.63, 3.8) is 0 Å². The second kappa shape index (κ2) is 6.65. The summed E-state index contributed by atoms with van der Waals surface area (Å²) < 4.78 is 0. The van der Waals surface area contributed by atoms with Crippen molar-refractivity contribution in [1.82, 2.24) is 0 Å². The molecule has 0 bridgehead atoms. The molecule has 2 rings (SSSR count). The Morgan fingerprint density at radius 1 is 1.00 bits per heavy atom. The van der Waals surface area contributed by atoms with Gasteiger partial charge in [0.2, 0.25) is 5.91 Å². The minimum absolute atomic E-state index is 0.149. The monoisotopic (exact) mass is 320 g/mol. The van der Waals surface area contributed by atoms with Gasteiger partial charge in [-0.1, -0.05) is 11.6 Å². The Balaban J connectivity index is 2.12. The molecule has 0 radical (unpaired) electrons. The lowest BCUT2D eigenvalue weighted by Gasteiger charge is -2.08. The van der Waals surface area contributed by atoms with Crippen molar-refractivity contribution in [2.45, 2.75) is 11.8 Å². The van der Waals surface area contributed by atoms with Crippen LogP contribution in [0.25, 0.3) is 0 Å². The summed E-state index contributed by atoms with van der Waals surface area (Å²) in [5.74, 6) is -0.465. The van der Waals surface area contributed by atoms with Crippen LogP contribution >= 0.6 is 24.2 Å². The number of amides is 2. The lowest BCUT2D eigenvalue weighted by atomic mass is 10.2. The first-order valence-corrected chi connectivity index (χ1v) is 6.96. The van der Waals surface area contributed by atoms with Gasteiger partial charge in [-0.05, 0) is 42.5 Å². The summed E-state index contributed by atoms with van der Waals surface area (Å²) in [6.45, 7) is 1.43. The molecule has 2 amide bonds. The number of benzene rings is 2. The largest absolute Gasteiger partial charge is 0.326 e. The molecular formula is C15H13ClN2O2S. The maximum Gasteiger partial charge on any atom is 0.257 e. The van der Waals surface area contributed by atoms with Gasteiger partial charge in [0.25, 0.3) is 5.91 Å². The van der Waals surface area contributed by atoms with Crippen LogP contribution < -0.4 is 10.6 Å². The van der Waals surface area contributed by atoms with Gasteiger partial charge in [0, 0.05) is 23.2 Å². The predicted molar refractivity (Wildman–Crippen MR) is 87.4 cm³/mol. The second-order valence-electron chi connectivity index (χ2n) is 4.38. The Morgan fingerprint density at radius 2 is 1.57 bits per heavy atom. The summed E-state index contributed by atoms with van der Waals surface area (Å²) in [5, 5.41) is 5.75. The number of nitrogens with one attached hydrogen (secondary N) is 2. The number of carbonyl (C=O) groups is 2. The highest BCUT2D eigenvalue weighted by molar-refractivity contribution is 7.80. The van der Waals surface area contributed by atoms with E-state index in [4.69, 9.17) is 11.6 Å². The zero-order chi connectivity index (χ0) is 15.4. The molecule has 0 aromatic heterocycles. The zero-order valence-electron chi connectivity index (χ0n) is 11.2. The molecule has 0 aliphatic carbocycles. The fraction of sp³-hybridized carbons (Fsp3) is 0.0667. The average molecular weight is 321 g/mol. The molecule has 6 heteroatoms. The summed E-state index contributed by atoms with van der Waals surface area (Å²) in [4.78, 5) is 23.7. The van der Waals surface area contributed by atoms with E-state index in [1.807, 2.05) is 0 Å². The zero-order valence-corrected chi connectivity index (χ0v) is 12.8. The number of hydrogen-bond donors (Lipinski definition) is 3. The van der Waals surface area contributed by atoms with E-state index in [0.29, 0.717) is 26.9 Å². The smallest absolute Gasteiger partial charge is 0.257 e. The van der Waals surface area contributed by atoms with Crippen LogP contribution in [0.1, 0.15) is 17.3 Å². The van der Waals surface area contributed by atoms with Gasteiger partial charge < -0.3 is 10.6 Å². The third-order valence-corrected chi connectivity index (χ3v) is 3.27. The summed E-state index contributed by atoms with van der Waals surface area (Å²) >= 11 is 10.2. The molecule has 0 spiro atoms. The van der Waals surface area contributed by atoms with Gasteiger partial charge in [0.1, 0.15) is 0 Å². The van der Waals surface area contributed by atoms with Gasteiger partial charge in [0.05, 0.1) is 10.6 Å². The molecule has 4 nitrogen and oxygen atoms in total. The Morgan fingerprint density at radius 3 is 2.14 bits per heavy atom. The van der Waals surface area contributed by atoms with Gasteiger partial charge in [-0.2, -0.15) is 0 Å². The Kier molecular flexibility index (Phi) is 4.88. The van der Waals surface area contributed by atoms with Crippen LogP contribution in [-0.2, 0) is 4.79 Å². The number of carbonyl (C=O) groups excluding carboxylic acids is 2. The highest BCUT2D eigenvalue weighted by Gasteiger charge is 2.11. The summed E-state index contributed by atoms with van der Waals surface area (Å²) in [5.41, 5.74) is 1.63. The van der Waals surface area contributed by atoms with Crippen LogP contribution in [0.3, 0.4) is 0 Å². The van der Waals surface area contributed by atoms with Gasteiger partial charge >= 0.3 is 0 Å². The molecule has 0 saturated carbocycles. The van der Waals surface area contributed by atoms with Crippen LogP contribution in [0.4, 0.5) is 11.4 Å². The fourth-order valence-corrected chi connectivity index (χ4v) is 2.13. The predicted octanol–water partition coefficient (Wildman–Crippen LogP) is 3.84. The highest BCUT2D eigenvalue weighted by Crippen LogP contribution is 2.21. The fourth-order valence-electron chi connectivity index (χ4n) is 1.73. The lowest BCUT2D eigenvalue weighted by Crippen LogP contribution is -2.12. The van der Waals surface area contributed by atoms with Gasteiger partial charge in [-0.3, -0.25) is 9.59 Å². The summed E-state index contributed by atoms with van der Waals surface area (Å²) in [7, 11) is 0.